The maximum absolute atomic E-state index is 2.43. The molecule has 1 aromatic carbocycles. The second-order valence-electron chi connectivity index (χ2n) is 6.91. The number of benzene rings is 1. The smallest absolute Gasteiger partial charge is 0.0887 e. The fourth-order valence-electron chi connectivity index (χ4n) is 3.80. The Morgan fingerprint density at radius 3 is 2.44 bits per heavy atom. The molecule has 96 valence electrons. The van der Waals surface area contributed by atoms with Crippen molar-refractivity contribution in [3.63, 3.8) is 0 Å². The van der Waals surface area contributed by atoms with Crippen molar-refractivity contribution in [3.8, 4) is 0 Å². The molecule has 1 aromatic rings. The van der Waals surface area contributed by atoms with E-state index in [1.165, 1.54) is 50.4 Å². The van der Waals surface area contributed by atoms with E-state index in [0.717, 1.165) is 5.82 Å². The molecule has 0 heterocycles. The van der Waals surface area contributed by atoms with Crippen molar-refractivity contribution in [1.82, 2.24) is 0 Å². The number of aryl methyl sites for hydroxylation is 1. The Balaban J connectivity index is 2.13. The second-order valence-corrected chi connectivity index (χ2v) is 6.91. The van der Waals surface area contributed by atoms with E-state index in [1.54, 1.807) is 5.56 Å². The van der Waals surface area contributed by atoms with Crippen molar-refractivity contribution in [2.75, 3.05) is 0 Å². The standard InChI is InChI=1S/C16H26B2/c1-12-11-13(17)9-10-15(12)16(2,3)18-14-7-5-4-6-8-14/h9-11,14,18H,4-8,17H2,1-3H3. The molecule has 0 amide bonds. The van der Waals surface area contributed by atoms with Crippen molar-refractivity contribution < 1.29 is 0 Å². The highest BCUT2D eigenvalue weighted by Gasteiger charge is 2.28. The van der Waals surface area contributed by atoms with Crippen LogP contribution in [0.2, 0.25) is 5.82 Å². The summed E-state index contributed by atoms with van der Waals surface area (Å²) in [6.07, 6.45) is 7.27. The molecule has 1 aliphatic rings. The van der Waals surface area contributed by atoms with E-state index in [1.807, 2.05) is 0 Å². The molecule has 0 aliphatic heterocycles. The van der Waals surface area contributed by atoms with Gasteiger partial charge in [0.25, 0.3) is 0 Å². The molecule has 0 spiro atoms. The summed E-state index contributed by atoms with van der Waals surface area (Å²) in [5, 5.41) is 0.333. The summed E-state index contributed by atoms with van der Waals surface area (Å²) in [5.41, 5.74) is 4.40. The average Bonchev–Trinajstić information content (AvgIpc) is 2.29. The van der Waals surface area contributed by atoms with Crippen LogP contribution >= 0.6 is 0 Å². The predicted molar refractivity (Wildman–Crippen MR) is 86.4 cm³/mol. The first-order chi connectivity index (χ1) is 8.49. The minimum absolute atomic E-state index is 0.333. The van der Waals surface area contributed by atoms with Gasteiger partial charge in [-0.05, 0) is 23.4 Å². The fourth-order valence-corrected chi connectivity index (χ4v) is 3.80. The molecular formula is C16H26B2. The molecule has 2 rings (SSSR count). The lowest BCUT2D eigenvalue weighted by Crippen LogP contribution is -2.31. The van der Waals surface area contributed by atoms with E-state index in [2.05, 4.69) is 46.8 Å². The Labute approximate surface area is 114 Å². The number of rotatable bonds is 3. The third-order valence-corrected chi connectivity index (χ3v) is 4.63. The molecule has 1 fully saturated rings. The lowest BCUT2D eigenvalue weighted by molar-refractivity contribution is 0.492. The molecule has 0 radical (unpaired) electrons. The van der Waals surface area contributed by atoms with E-state index < -0.39 is 0 Å². The summed E-state index contributed by atoms with van der Waals surface area (Å²) in [6.45, 7) is 7.13. The van der Waals surface area contributed by atoms with Gasteiger partial charge in [0.15, 0.2) is 0 Å². The first-order valence-electron chi connectivity index (χ1n) is 7.57. The second kappa shape index (κ2) is 5.55. The first kappa shape index (κ1) is 13.8. The topological polar surface area (TPSA) is 0 Å². The Morgan fingerprint density at radius 1 is 1.17 bits per heavy atom. The molecular weight excluding hydrogens is 214 g/mol. The largest absolute Gasteiger partial charge is 0.139 e. The van der Waals surface area contributed by atoms with Gasteiger partial charge in [0.05, 0.1) is 0 Å². The van der Waals surface area contributed by atoms with E-state index in [9.17, 15) is 0 Å². The molecule has 18 heavy (non-hydrogen) atoms. The van der Waals surface area contributed by atoms with Gasteiger partial charge < -0.3 is 0 Å². The van der Waals surface area contributed by atoms with E-state index in [-0.39, 0.29) is 0 Å². The summed E-state index contributed by atoms with van der Waals surface area (Å²) >= 11 is 0. The third-order valence-electron chi connectivity index (χ3n) is 4.63. The van der Waals surface area contributed by atoms with Crippen LogP contribution in [-0.4, -0.2) is 15.1 Å². The van der Waals surface area contributed by atoms with E-state index in [4.69, 9.17) is 0 Å². The quantitative estimate of drug-likeness (QED) is 0.712. The van der Waals surface area contributed by atoms with Gasteiger partial charge in [-0.25, -0.2) is 0 Å². The van der Waals surface area contributed by atoms with Crippen LogP contribution in [0.1, 0.15) is 57.1 Å². The molecule has 0 aromatic heterocycles. The van der Waals surface area contributed by atoms with Gasteiger partial charge in [-0.1, -0.05) is 75.4 Å². The van der Waals surface area contributed by atoms with Crippen molar-refractivity contribution in [2.45, 2.75) is 64.0 Å². The van der Waals surface area contributed by atoms with Gasteiger partial charge in [0, 0.05) is 0 Å². The maximum Gasteiger partial charge on any atom is 0.139 e. The molecule has 0 N–H and O–H groups in total. The van der Waals surface area contributed by atoms with Crippen molar-refractivity contribution in [2.24, 2.45) is 0 Å². The SMILES string of the molecule is Bc1ccc(C(C)(C)BC2CCCCC2)c(C)c1. The number of hydrogen-bond acceptors (Lipinski definition) is 0. The van der Waals surface area contributed by atoms with Crippen LogP contribution in [0.15, 0.2) is 18.2 Å². The van der Waals surface area contributed by atoms with Crippen LogP contribution in [0, 0.1) is 6.92 Å². The van der Waals surface area contributed by atoms with E-state index >= 15 is 0 Å². The van der Waals surface area contributed by atoms with Crippen LogP contribution in [0.25, 0.3) is 0 Å². The highest BCUT2D eigenvalue weighted by atomic mass is 14.2. The summed E-state index contributed by atoms with van der Waals surface area (Å²) in [7, 11) is 3.54. The maximum atomic E-state index is 2.43. The molecule has 0 saturated heterocycles. The Hall–Kier alpha value is -0.650. The summed E-state index contributed by atoms with van der Waals surface area (Å²) < 4.78 is 0. The molecule has 1 saturated carbocycles. The zero-order valence-electron chi connectivity index (χ0n) is 12.6. The molecule has 0 atom stereocenters. The van der Waals surface area contributed by atoms with Crippen LogP contribution in [-0.2, 0) is 5.31 Å². The summed E-state index contributed by atoms with van der Waals surface area (Å²) in [6, 6.07) is 6.95. The molecule has 0 unspecified atom stereocenters. The number of hydrogen-bond donors (Lipinski definition) is 0. The monoisotopic (exact) mass is 240 g/mol. The molecule has 0 bridgehead atoms. The molecule has 1 aliphatic carbocycles. The zero-order chi connectivity index (χ0) is 13.2. The van der Waals surface area contributed by atoms with Gasteiger partial charge in [-0.3, -0.25) is 0 Å². The van der Waals surface area contributed by atoms with Crippen LogP contribution < -0.4 is 5.46 Å². The fraction of sp³-hybridized carbons (Fsp3) is 0.625. The Kier molecular flexibility index (Phi) is 4.25. The van der Waals surface area contributed by atoms with Gasteiger partial charge in [-0.2, -0.15) is 0 Å². The highest BCUT2D eigenvalue weighted by molar-refractivity contribution is 6.42. The lowest BCUT2D eigenvalue weighted by Gasteiger charge is -2.32. The van der Waals surface area contributed by atoms with Crippen LogP contribution in [0.3, 0.4) is 0 Å². The van der Waals surface area contributed by atoms with Crippen LogP contribution in [0.5, 0.6) is 0 Å². The average molecular weight is 240 g/mol. The molecule has 0 nitrogen and oxygen atoms in total. The molecule has 2 heteroatoms. The summed E-state index contributed by atoms with van der Waals surface area (Å²) in [4.78, 5) is 0. The minimum Gasteiger partial charge on any atom is -0.0887 e. The Bertz CT molecular complexity index is 404. The van der Waals surface area contributed by atoms with Gasteiger partial charge in [0.1, 0.15) is 15.1 Å². The van der Waals surface area contributed by atoms with Gasteiger partial charge >= 0.3 is 0 Å². The lowest BCUT2D eigenvalue weighted by atomic mass is 9.42. The zero-order valence-corrected chi connectivity index (χ0v) is 12.6. The van der Waals surface area contributed by atoms with Crippen molar-refractivity contribution >= 4 is 20.6 Å². The van der Waals surface area contributed by atoms with Crippen molar-refractivity contribution in [1.29, 1.82) is 0 Å². The normalized spacial score (nSPS) is 17.7. The van der Waals surface area contributed by atoms with Gasteiger partial charge in [0.2, 0.25) is 0 Å². The van der Waals surface area contributed by atoms with Crippen LogP contribution in [0.4, 0.5) is 0 Å². The first-order valence-corrected chi connectivity index (χ1v) is 7.57. The van der Waals surface area contributed by atoms with Gasteiger partial charge in [-0.15, -0.1) is 0 Å². The third kappa shape index (κ3) is 3.22. The van der Waals surface area contributed by atoms with E-state index in [0.29, 0.717) is 5.31 Å². The minimum atomic E-state index is 0.333. The predicted octanol–water partition coefficient (Wildman–Crippen LogP) is 2.68. The van der Waals surface area contributed by atoms with Crippen molar-refractivity contribution in [3.05, 3.63) is 29.3 Å². The Morgan fingerprint density at radius 2 is 1.83 bits per heavy atom. The summed E-state index contributed by atoms with van der Waals surface area (Å²) in [5.74, 6) is 0.953. The highest BCUT2D eigenvalue weighted by Crippen LogP contribution is 2.35.